The number of likely N-dealkylation sites (tertiary alicyclic amines) is 1. The molecule has 0 saturated carbocycles. The predicted octanol–water partition coefficient (Wildman–Crippen LogP) is 2.65. The van der Waals surface area contributed by atoms with Crippen LogP contribution in [0.4, 0.5) is 0 Å². The molecule has 1 aliphatic rings. The molecule has 0 bridgehead atoms. The van der Waals surface area contributed by atoms with Crippen LogP contribution in [0.1, 0.15) is 43.8 Å². The maximum atomic E-state index is 11.2. The number of hydrogen-bond acceptors (Lipinski definition) is 4. The normalized spacial score (nSPS) is 20.9. The summed E-state index contributed by atoms with van der Waals surface area (Å²) in [5.74, 6) is 0.300. The average molecular weight is 252 g/mol. The van der Waals surface area contributed by atoms with Crippen molar-refractivity contribution in [3.8, 4) is 0 Å². The van der Waals surface area contributed by atoms with Crippen LogP contribution in [0.5, 0.6) is 0 Å². The molecule has 94 valence electrons. The van der Waals surface area contributed by atoms with Crippen molar-refractivity contribution in [3.05, 3.63) is 16.1 Å². The molecule has 2 rings (SSSR count). The Balaban J connectivity index is 1.95. The van der Waals surface area contributed by atoms with Crippen LogP contribution in [0.15, 0.2) is 5.38 Å². The first kappa shape index (κ1) is 12.7. The molecule has 1 aromatic heterocycles. The maximum absolute atomic E-state index is 11.2. The van der Waals surface area contributed by atoms with Gasteiger partial charge in [0.1, 0.15) is 5.78 Å². The topological polar surface area (TPSA) is 33.2 Å². The summed E-state index contributed by atoms with van der Waals surface area (Å²) >= 11 is 1.74. The van der Waals surface area contributed by atoms with Gasteiger partial charge in [0.25, 0.3) is 0 Å². The lowest BCUT2D eigenvalue weighted by Crippen LogP contribution is -2.30. The first-order valence-corrected chi connectivity index (χ1v) is 7.23. The second-order valence-electron chi connectivity index (χ2n) is 4.76. The van der Waals surface area contributed by atoms with Crippen LogP contribution in [0.25, 0.3) is 0 Å². The fraction of sp³-hybridized carbons (Fsp3) is 0.692. The molecular weight excluding hydrogens is 232 g/mol. The quantitative estimate of drug-likeness (QED) is 0.807. The second-order valence-corrected chi connectivity index (χ2v) is 5.70. The minimum Gasteiger partial charge on any atom is -0.300 e. The minimum atomic E-state index is 0.300. The summed E-state index contributed by atoms with van der Waals surface area (Å²) in [5, 5.41) is 3.37. The highest BCUT2D eigenvalue weighted by Gasteiger charge is 2.25. The van der Waals surface area contributed by atoms with E-state index >= 15 is 0 Å². The van der Waals surface area contributed by atoms with Gasteiger partial charge in [-0.3, -0.25) is 9.69 Å². The Hall–Kier alpha value is -0.740. The molecule has 1 atom stereocenters. The molecule has 3 nitrogen and oxygen atoms in total. The third-order valence-corrected chi connectivity index (χ3v) is 4.33. The lowest BCUT2D eigenvalue weighted by Gasteiger charge is -2.22. The first-order valence-electron chi connectivity index (χ1n) is 6.35. The van der Waals surface area contributed by atoms with Crippen molar-refractivity contribution < 1.29 is 4.79 Å². The largest absolute Gasteiger partial charge is 0.300 e. The molecule has 4 heteroatoms. The van der Waals surface area contributed by atoms with Crippen molar-refractivity contribution in [1.29, 1.82) is 0 Å². The molecule has 1 fully saturated rings. The minimum absolute atomic E-state index is 0.300. The van der Waals surface area contributed by atoms with Gasteiger partial charge in [-0.05, 0) is 32.7 Å². The molecule has 1 saturated heterocycles. The van der Waals surface area contributed by atoms with E-state index in [4.69, 9.17) is 0 Å². The van der Waals surface area contributed by atoms with Crippen LogP contribution in [-0.2, 0) is 17.8 Å². The number of aromatic nitrogens is 1. The van der Waals surface area contributed by atoms with Crippen LogP contribution >= 0.6 is 11.3 Å². The number of ketones is 1. The van der Waals surface area contributed by atoms with Gasteiger partial charge in [-0.1, -0.05) is 6.92 Å². The van der Waals surface area contributed by atoms with Gasteiger partial charge < -0.3 is 0 Å². The highest BCUT2D eigenvalue weighted by Crippen LogP contribution is 2.23. The van der Waals surface area contributed by atoms with Crippen LogP contribution in [-0.4, -0.2) is 28.3 Å². The van der Waals surface area contributed by atoms with E-state index in [1.807, 2.05) is 0 Å². The van der Waals surface area contributed by atoms with Crippen molar-refractivity contribution in [2.75, 3.05) is 6.54 Å². The molecule has 17 heavy (non-hydrogen) atoms. The standard InChI is InChI=1S/C13H20N2OS/c1-3-13-14-11(9-17-13)8-15-6-4-5-12(15)7-10(2)16/h9,12H,3-8H2,1-2H3. The van der Waals surface area contributed by atoms with Crippen molar-refractivity contribution >= 4 is 17.1 Å². The zero-order chi connectivity index (χ0) is 12.3. The van der Waals surface area contributed by atoms with Crippen LogP contribution in [0.3, 0.4) is 0 Å². The summed E-state index contributed by atoms with van der Waals surface area (Å²) in [5.41, 5.74) is 1.17. The van der Waals surface area contributed by atoms with E-state index in [0.717, 1.165) is 25.9 Å². The monoisotopic (exact) mass is 252 g/mol. The molecule has 1 unspecified atom stereocenters. The molecular formula is C13H20N2OS. The molecule has 0 amide bonds. The molecule has 0 N–H and O–H groups in total. The number of hydrogen-bond donors (Lipinski definition) is 0. The lowest BCUT2D eigenvalue weighted by molar-refractivity contribution is -0.118. The van der Waals surface area contributed by atoms with Crippen molar-refractivity contribution in [2.24, 2.45) is 0 Å². The van der Waals surface area contributed by atoms with Gasteiger partial charge in [0.05, 0.1) is 10.7 Å². The van der Waals surface area contributed by atoms with Crippen molar-refractivity contribution in [3.63, 3.8) is 0 Å². The number of nitrogens with zero attached hydrogens (tertiary/aromatic N) is 2. The Morgan fingerprint density at radius 3 is 3.12 bits per heavy atom. The summed E-state index contributed by atoms with van der Waals surface area (Å²) in [7, 11) is 0. The zero-order valence-electron chi connectivity index (χ0n) is 10.6. The zero-order valence-corrected chi connectivity index (χ0v) is 11.4. The van der Waals surface area contributed by atoms with Gasteiger partial charge in [0, 0.05) is 24.4 Å². The lowest BCUT2D eigenvalue weighted by atomic mass is 10.1. The van der Waals surface area contributed by atoms with E-state index in [1.165, 1.54) is 17.1 Å². The van der Waals surface area contributed by atoms with Crippen LogP contribution < -0.4 is 0 Å². The summed E-state index contributed by atoms with van der Waals surface area (Å²) in [6.07, 6.45) is 4.08. The van der Waals surface area contributed by atoms with E-state index in [-0.39, 0.29) is 0 Å². The number of carbonyl (C=O) groups excluding carboxylic acids is 1. The van der Waals surface area contributed by atoms with Crippen LogP contribution in [0.2, 0.25) is 0 Å². The summed E-state index contributed by atoms with van der Waals surface area (Å²) in [6, 6.07) is 0.444. The van der Waals surface area contributed by atoms with E-state index in [2.05, 4.69) is 22.2 Å². The molecule has 0 aromatic carbocycles. The molecule has 0 spiro atoms. The number of Topliss-reactive ketones (excluding diaryl/α,β-unsaturated/α-hetero) is 1. The third kappa shape index (κ3) is 3.36. The number of carbonyl (C=O) groups is 1. The van der Waals surface area contributed by atoms with E-state index in [0.29, 0.717) is 18.2 Å². The summed E-state index contributed by atoms with van der Waals surface area (Å²) in [4.78, 5) is 18.2. The number of thiazole rings is 1. The van der Waals surface area contributed by atoms with E-state index in [9.17, 15) is 4.79 Å². The molecule has 2 heterocycles. The predicted molar refractivity (Wildman–Crippen MR) is 70.2 cm³/mol. The smallest absolute Gasteiger partial charge is 0.131 e. The fourth-order valence-corrected chi connectivity index (χ4v) is 3.19. The Kier molecular flexibility index (Phi) is 4.29. The van der Waals surface area contributed by atoms with Gasteiger partial charge in [-0.2, -0.15) is 0 Å². The molecule has 1 aliphatic heterocycles. The van der Waals surface area contributed by atoms with Crippen LogP contribution in [0, 0.1) is 0 Å². The Labute approximate surface area is 107 Å². The van der Waals surface area contributed by atoms with E-state index < -0.39 is 0 Å². The fourth-order valence-electron chi connectivity index (χ4n) is 2.46. The van der Waals surface area contributed by atoms with Gasteiger partial charge in [0.15, 0.2) is 0 Å². The van der Waals surface area contributed by atoms with Gasteiger partial charge >= 0.3 is 0 Å². The number of rotatable bonds is 5. The molecule has 1 aromatic rings. The molecule has 0 aliphatic carbocycles. The first-order chi connectivity index (χ1) is 8.19. The highest BCUT2D eigenvalue weighted by atomic mass is 32.1. The summed E-state index contributed by atoms with van der Waals surface area (Å²) < 4.78 is 0. The SMILES string of the molecule is CCc1nc(CN2CCCC2CC(C)=O)cs1. The van der Waals surface area contributed by atoms with Gasteiger partial charge in [-0.25, -0.2) is 4.98 Å². The number of aryl methyl sites for hydroxylation is 1. The third-order valence-electron chi connectivity index (χ3n) is 3.29. The highest BCUT2D eigenvalue weighted by molar-refractivity contribution is 7.09. The second kappa shape index (κ2) is 5.74. The Bertz CT molecular complexity index is 389. The van der Waals surface area contributed by atoms with Gasteiger partial charge in [0.2, 0.25) is 0 Å². The maximum Gasteiger partial charge on any atom is 0.131 e. The summed E-state index contributed by atoms with van der Waals surface area (Å²) in [6.45, 7) is 5.84. The molecule has 0 radical (unpaired) electrons. The van der Waals surface area contributed by atoms with Gasteiger partial charge in [-0.15, -0.1) is 11.3 Å². The van der Waals surface area contributed by atoms with E-state index in [1.54, 1.807) is 18.3 Å². The van der Waals surface area contributed by atoms with Crippen molar-refractivity contribution in [1.82, 2.24) is 9.88 Å². The Morgan fingerprint density at radius 1 is 1.65 bits per heavy atom. The van der Waals surface area contributed by atoms with Crippen molar-refractivity contribution in [2.45, 2.75) is 52.1 Å². The Morgan fingerprint density at radius 2 is 2.47 bits per heavy atom. The average Bonchev–Trinajstić information content (AvgIpc) is 2.89.